The maximum absolute atomic E-state index is 12.3. The maximum atomic E-state index is 12.3. The monoisotopic (exact) mass is 475 g/mol. The van der Waals surface area contributed by atoms with E-state index >= 15 is 0 Å². The molecule has 174 valence electrons. The molecule has 0 radical (unpaired) electrons. The minimum absolute atomic E-state index is 0.163. The van der Waals surface area contributed by atoms with Gasteiger partial charge in [0.2, 0.25) is 5.91 Å². The van der Waals surface area contributed by atoms with Crippen molar-refractivity contribution in [2.75, 3.05) is 0 Å². The van der Waals surface area contributed by atoms with Crippen LogP contribution in [-0.2, 0) is 25.0 Å². The Kier molecular flexibility index (Phi) is 5.96. The average Bonchev–Trinajstić information content (AvgIpc) is 3.38. The number of halogens is 1. The van der Waals surface area contributed by atoms with Crippen LogP contribution in [-0.4, -0.2) is 36.6 Å². The summed E-state index contributed by atoms with van der Waals surface area (Å²) in [6.45, 7) is 4.78. The zero-order chi connectivity index (χ0) is 23.8. The van der Waals surface area contributed by atoms with Gasteiger partial charge in [-0.15, -0.1) is 0 Å². The second-order valence-electron chi connectivity index (χ2n) is 8.76. The smallest absolute Gasteiger partial charge is 0.223 e. The lowest BCUT2D eigenvalue weighted by Gasteiger charge is -2.23. The molecule has 0 saturated carbocycles. The van der Waals surface area contributed by atoms with Crippen LogP contribution in [0.4, 0.5) is 0 Å². The van der Waals surface area contributed by atoms with E-state index in [2.05, 4.69) is 23.1 Å². The molecule has 7 nitrogen and oxygen atoms in total. The van der Waals surface area contributed by atoms with Crippen LogP contribution < -0.4 is 4.74 Å². The van der Waals surface area contributed by atoms with Crippen LogP contribution in [0.1, 0.15) is 36.6 Å². The maximum Gasteiger partial charge on any atom is 0.223 e. The molecule has 5 rings (SSSR count). The number of benzene rings is 1. The fraction of sp³-hybridized carbons (Fsp3) is 0.308. The summed E-state index contributed by atoms with van der Waals surface area (Å²) in [4.78, 5) is 23.3. The second-order valence-corrected chi connectivity index (χ2v) is 9.17. The number of hydrogen-bond acceptors (Lipinski definition) is 5. The summed E-state index contributed by atoms with van der Waals surface area (Å²) in [5.74, 6) is 0.838. The highest BCUT2D eigenvalue weighted by Gasteiger charge is 2.28. The fourth-order valence-electron chi connectivity index (χ4n) is 4.57. The SMILES string of the molecule is Cc1cc(-c2ccnn2C)c2cccc(OCc3c(Cl)cncc3CN3C(=O)CCC3C)c2n1. The molecule has 4 aromatic rings. The van der Waals surface area contributed by atoms with Gasteiger partial charge in [-0.25, -0.2) is 4.98 Å². The average molecular weight is 476 g/mol. The van der Waals surface area contributed by atoms with Crippen LogP contribution in [0.5, 0.6) is 5.75 Å². The number of ether oxygens (including phenoxy) is 1. The molecule has 0 bridgehead atoms. The molecular weight excluding hydrogens is 450 g/mol. The largest absolute Gasteiger partial charge is 0.487 e. The number of fused-ring (bicyclic) bond motifs is 1. The summed E-state index contributed by atoms with van der Waals surface area (Å²) in [5.41, 5.74) is 5.47. The van der Waals surface area contributed by atoms with Crippen molar-refractivity contribution in [3.63, 3.8) is 0 Å². The van der Waals surface area contributed by atoms with E-state index in [1.807, 2.05) is 47.8 Å². The minimum Gasteiger partial charge on any atom is -0.487 e. The van der Waals surface area contributed by atoms with Crippen molar-refractivity contribution in [1.29, 1.82) is 0 Å². The van der Waals surface area contributed by atoms with Crippen LogP contribution in [0.3, 0.4) is 0 Å². The number of aryl methyl sites for hydroxylation is 2. The Bertz CT molecular complexity index is 1380. The molecule has 0 N–H and O–H groups in total. The highest BCUT2D eigenvalue weighted by molar-refractivity contribution is 6.31. The quantitative estimate of drug-likeness (QED) is 0.388. The van der Waals surface area contributed by atoms with Gasteiger partial charge in [0, 0.05) is 66.9 Å². The van der Waals surface area contributed by atoms with Crippen molar-refractivity contribution in [3.8, 4) is 17.0 Å². The molecule has 1 aliphatic heterocycles. The van der Waals surface area contributed by atoms with E-state index < -0.39 is 0 Å². The highest BCUT2D eigenvalue weighted by atomic mass is 35.5. The van der Waals surface area contributed by atoms with E-state index in [1.54, 1.807) is 18.6 Å². The Morgan fingerprint density at radius 1 is 1.24 bits per heavy atom. The summed E-state index contributed by atoms with van der Waals surface area (Å²) in [7, 11) is 1.93. The van der Waals surface area contributed by atoms with Gasteiger partial charge in [0.25, 0.3) is 0 Å². The first-order valence-corrected chi connectivity index (χ1v) is 11.7. The number of carbonyl (C=O) groups is 1. The van der Waals surface area contributed by atoms with Crippen LogP contribution >= 0.6 is 11.6 Å². The van der Waals surface area contributed by atoms with Gasteiger partial charge in [-0.05, 0) is 44.0 Å². The fourth-order valence-corrected chi connectivity index (χ4v) is 4.80. The van der Waals surface area contributed by atoms with Crippen molar-refractivity contribution < 1.29 is 9.53 Å². The first-order valence-electron chi connectivity index (χ1n) is 11.3. The molecule has 1 aromatic carbocycles. The third-order valence-electron chi connectivity index (χ3n) is 6.46. The van der Waals surface area contributed by atoms with Gasteiger partial charge in [0.05, 0.1) is 10.7 Å². The summed E-state index contributed by atoms with van der Waals surface area (Å²) in [6.07, 6.45) is 6.63. The summed E-state index contributed by atoms with van der Waals surface area (Å²) < 4.78 is 8.15. The van der Waals surface area contributed by atoms with Crippen molar-refractivity contribution in [2.24, 2.45) is 7.05 Å². The highest BCUT2D eigenvalue weighted by Crippen LogP contribution is 2.34. The predicted molar refractivity (Wildman–Crippen MR) is 132 cm³/mol. The summed E-state index contributed by atoms with van der Waals surface area (Å²) in [5, 5.41) is 5.83. The lowest BCUT2D eigenvalue weighted by molar-refractivity contribution is -0.129. The van der Waals surface area contributed by atoms with Crippen LogP contribution in [0.25, 0.3) is 22.2 Å². The minimum atomic E-state index is 0.163. The Morgan fingerprint density at radius 3 is 2.82 bits per heavy atom. The van der Waals surface area contributed by atoms with Crippen LogP contribution in [0, 0.1) is 6.92 Å². The zero-order valence-corrected chi connectivity index (χ0v) is 20.2. The molecule has 4 heterocycles. The van der Waals surface area contributed by atoms with Crippen LogP contribution in [0.15, 0.2) is 48.9 Å². The number of nitrogens with zero attached hydrogens (tertiary/aromatic N) is 5. The molecule has 0 spiro atoms. The number of amides is 1. The predicted octanol–water partition coefficient (Wildman–Crippen LogP) is 5.08. The first kappa shape index (κ1) is 22.3. The van der Waals surface area contributed by atoms with E-state index in [0.717, 1.165) is 45.4 Å². The molecule has 3 aromatic heterocycles. The lowest BCUT2D eigenvalue weighted by Crippen LogP contribution is -2.30. The van der Waals surface area contributed by atoms with Gasteiger partial charge in [-0.3, -0.25) is 14.5 Å². The second kappa shape index (κ2) is 9.06. The van der Waals surface area contributed by atoms with Gasteiger partial charge in [-0.2, -0.15) is 5.10 Å². The van der Waals surface area contributed by atoms with Gasteiger partial charge >= 0.3 is 0 Å². The Balaban J connectivity index is 1.48. The van der Waals surface area contributed by atoms with E-state index in [0.29, 0.717) is 23.7 Å². The normalized spacial score (nSPS) is 15.9. The molecule has 34 heavy (non-hydrogen) atoms. The molecule has 1 fully saturated rings. The van der Waals surface area contributed by atoms with Gasteiger partial charge in [0.15, 0.2) is 0 Å². The Labute approximate surface area is 203 Å². The van der Waals surface area contributed by atoms with Crippen LogP contribution in [0.2, 0.25) is 5.02 Å². The topological polar surface area (TPSA) is 73.1 Å². The number of pyridine rings is 2. The summed E-state index contributed by atoms with van der Waals surface area (Å²) in [6, 6.07) is 10.2. The number of carbonyl (C=O) groups excluding carboxylic acids is 1. The van der Waals surface area contributed by atoms with Crippen molar-refractivity contribution in [1.82, 2.24) is 24.6 Å². The molecule has 1 aliphatic rings. The van der Waals surface area contributed by atoms with Gasteiger partial charge in [0.1, 0.15) is 17.9 Å². The molecule has 1 amide bonds. The molecule has 1 atom stereocenters. The third-order valence-corrected chi connectivity index (χ3v) is 6.79. The van der Waals surface area contributed by atoms with Gasteiger partial charge in [-0.1, -0.05) is 23.7 Å². The number of likely N-dealkylation sites (tertiary alicyclic amines) is 1. The number of para-hydroxylation sites is 1. The van der Waals surface area contributed by atoms with Crippen molar-refractivity contribution in [3.05, 3.63) is 70.8 Å². The van der Waals surface area contributed by atoms with E-state index in [1.165, 1.54) is 0 Å². The third kappa shape index (κ3) is 4.12. The van der Waals surface area contributed by atoms with E-state index in [-0.39, 0.29) is 18.6 Å². The molecule has 8 heteroatoms. The Hall–Kier alpha value is -3.45. The standard InChI is InChI=1S/C26H26ClN5O2/c1-16-11-20(23-9-10-29-31(23)3)19-5-4-6-24(26(19)30-16)34-15-21-18(12-28-13-22(21)27)14-32-17(2)7-8-25(32)33/h4-6,9-13,17H,7-8,14-15H2,1-3H3. The van der Waals surface area contributed by atoms with E-state index in [9.17, 15) is 4.79 Å². The lowest BCUT2D eigenvalue weighted by atomic mass is 10.0. The number of hydrogen-bond donors (Lipinski definition) is 0. The van der Waals surface area contributed by atoms with E-state index in [4.69, 9.17) is 21.3 Å². The van der Waals surface area contributed by atoms with Crippen molar-refractivity contribution >= 4 is 28.4 Å². The Morgan fingerprint density at radius 2 is 2.09 bits per heavy atom. The molecule has 1 saturated heterocycles. The number of rotatable bonds is 6. The van der Waals surface area contributed by atoms with Gasteiger partial charge < -0.3 is 9.64 Å². The summed E-state index contributed by atoms with van der Waals surface area (Å²) >= 11 is 6.54. The molecular formula is C26H26ClN5O2. The first-order chi connectivity index (χ1) is 16.4. The molecule has 0 aliphatic carbocycles. The zero-order valence-electron chi connectivity index (χ0n) is 19.5. The number of aromatic nitrogens is 4. The van der Waals surface area contributed by atoms with Crippen molar-refractivity contribution in [2.45, 2.75) is 45.9 Å². The molecule has 1 unspecified atom stereocenters.